The molecular formula is C13H20N2O4S2. The molecule has 1 saturated heterocycles. The van der Waals surface area contributed by atoms with Gasteiger partial charge < -0.3 is 5.32 Å². The van der Waals surface area contributed by atoms with E-state index in [0.717, 1.165) is 25.6 Å². The Morgan fingerprint density at radius 2 is 1.95 bits per heavy atom. The van der Waals surface area contributed by atoms with Crippen LogP contribution in [0.3, 0.4) is 0 Å². The number of hydrogen-bond acceptors (Lipinski definition) is 5. The lowest BCUT2D eigenvalue weighted by molar-refractivity contribution is 0.428. The van der Waals surface area contributed by atoms with Crippen LogP contribution >= 0.6 is 0 Å². The van der Waals surface area contributed by atoms with Crippen LogP contribution in [-0.2, 0) is 19.9 Å². The Kier molecular flexibility index (Phi) is 4.72. The highest BCUT2D eigenvalue weighted by molar-refractivity contribution is 7.91. The molecule has 0 aliphatic carbocycles. The Bertz CT molecular complexity index is 721. The summed E-state index contributed by atoms with van der Waals surface area (Å²) < 4.78 is 50.8. The number of sulfone groups is 1. The van der Waals surface area contributed by atoms with Gasteiger partial charge in [0.1, 0.15) is 0 Å². The first kappa shape index (κ1) is 16.4. The molecule has 0 bridgehead atoms. The van der Waals surface area contributed by atoms with Crippen molar-refractivity contribution in [2.24, 2.45) is 0 Å². The molecular weight excluding hydrogens is 312 g/mol. The van der Waals surface area contributed by atoms with E-state index in [1.165, 1.54) is 18.2 Å². The second-order valence-electron chi connectivity index (χ2n) is 5.36. The van der Waals surface area contributed by atoms with Gasteiger partial charge in [-0.2, -0.15) is 0 Å². The fraction of sp³-hybridized carbons (Fsp3) is 0.538. The Balaban J connectivity index is 2.34. The average Bonchev–Trinajstić information content (AvgIpc) is 2.38. The van der Waals surface area contributed by atoms with Crippen molar-refractivity contribution < 1.29 is 16.8 Å². The van der Waals surface area contributed by atoms with Gasteiger partial charge in [0.25, 0.3) is 0 Å². The summed E-state index contributed by atoms with van der Waals surface area (Å²) >= 11 is 0. The number of sulfonamides is 1. The summed E-state index contributed by atoms with van der Waals surface area (Å²) in [7, 11) is -7.17. The van der Waals surface area contributed by atoms with E-state index in [1.807, 2.05) is 0 Å². The van der Waals surface area contributed by atoms with Crippen molar-refractivity contribution in [2.45, 2.75) is 35.6 Å². The summed E-state index contributed by atoms with van der Waals surface area (Å²) in [6, 6.07) is 4.00. The highest BCUT2D eigenvalue weighted by Gasteiger charge is 2.24. The molecule has 6 nitrogen and oxygen atoms in total. The van der Waals surface area contributed by atoms with E-state index in [1.54, 1.807) is 6.92 Å². The van der Waals surface area contributed by atoms with Gasteiger partial charge in [-0.05, 0) is 44.0 Å². The third-order valence-electron chi connectivity index (χ3n) is 3.50. The molecule has 1 aliphatic heterocycles. The van der Waals surface area contributed by atoms with Crippen LogP contribution < -0.4 is 10.0 Å². The number of aryl methyl sites for hydroxylation is 1. The van der Waals surface area contributed by atoms with Crippen molar-refractivity contribution in [1.29, 1.82) is 0 Å². The molecule has 1 aromatic rings. The SMILES string of the molecule is Cc1ccc(S(C)(=O)=O)cc1S(=O)(=O)N[C@@H]1CCCNC1. The van der Waals surface area contributed by atoms with Crippen molar-refractivity contribution in [2.75, 3.05) is 19.3 Å². The largest absolute Gasteiger partial charge is 0.315 e. The Hall–Kier alpha value is -0.960. The van der Waals surface area contributed by atoms with Gasteiger partial charge in [0.05, 0.1) is 9.79 Å². The predicted octanol–water partition coefficient (Wildman–Crippen LogP) is 0.429. The molecule has 0 unspecified atom stereocenters. The maximum absolute atomic E-state index is 12.5. The molecule has 8 heteroatoms. The van der Waals surface area contributed by atoms with Crippen LogP contribution in [0.5, 0.6) is 0 Å². The standard InChI is InChI=1S/C13H20N2O4S2/c1-10-5-6-12(20(2,16)17)8-13(10)21(18,19)15-11-4-3-7-14-9-11/h5-6,8,11,14-15H,3-4,7,9H2,1-2H3/t11-/m1/s1. The maximum Gasteiger partial charge on any atom is 0.241 e. The highest BCUT2D eigenvalue weighted by atomic mass is 32.2. The molecule has 0 amide bonds. The predicted molar refractivity (Wildman–Crippen MR) is 80.5 cm³/mol. The minimum atomic E-state index is -3.73. The number of piperidine rings is 1. The molecule has 2 N–H and O–H groups in total. The molecule has 118 valence electrons. The number of benzene rings is 1. The summed E-state index contributed by atoms with van der Waals surface area (Å²) in [6.45, 7) is 3.13. The van der Waals surface area contributed by atoms with Gasteiger partial charge in [0, 0.05) is 18.8 Å². The van der Waals surface area contributed by atoms with Gasteiger partial charge in [-0.25, -0.2) is 21.6 Å². The molecule has 1 fully saturated rings. The van der Waals surface area contributed by atoms with Gasteiger partial charge in [0.15, 0.2) is 9.84 Å². The van der Waals surface area contributed by atoms with E-state index in [4.69, 9.17) is 0 Å². The third kappa shape index (κ3) is 4.03. The van der Waals surface area contributed by atoms with E-state index in [0.29, 0.717) is 12.1 Å². The first-order valence-electron chi connectivity index (χ1n) is 6.74. The lowest BCUT2D eigenvalue weighted by Gasteiger charge is -2.24. The minimum Gasteiger partial charge on any atom is -0.315 e. The highest BCUT2D eigenvalue weighted by Crippen LogP contribution is 2.21. The Morgan fingerprint density at radius 1 is 1.24 bits per heavy atom. The number of rotatable bonds is 4. The van der Waals surface area contributed by atoms with Crippen LogP contribution in [0.25, 0.3) is 0 Å². The van der Waals surface area contributed by atoms with Gasteiger partial charge in [-0.15, -0.1) is 0 Å². The number of nitrogens with one attached hydrogen (secondary N) is 2. The van der Waals surface area contributed by atoms with Crippen LogP contribution in [0, 0.1) is 6.92 Å². The Labute approximate surface area is 125 Å². The van der Waals surface area contributed by atoms with E-state index in [9.17, 15) is 16.8 Å². The zero-order valence-electron chi connectivity index (χ0n) is 12.1. The zero-order chi connectivity index (χ0) is 15.7. The first-order chi connectivity index (χ1) is 9.70. The molecule has 2 rings (SSSR count). The van der Waals surface area contributed by atoms with Crippen LogP contribution in [0.15, 0.2) is 28.0 Å². The average molecular weight is 332 g/mol. The maximum atomic E-state index is 12.5. The molecule has 21 heavy (non-hydrogen) atoms. The lowest BCUT2D eigenvalue weighted by Crippen LogP contribution is -2.45. The van der Waals surface area contributed by atoms with Crippen LogP contribution in [0.2, 0.25) is 0 Å². The van der Waals surface area contributed by atoms with Crippen molar-refractivity contribution in [1.82, 2.24) is 10.0 Å². The summed E-state index contributed by atoms with van der Waals surface area (Å²) in [6.07, 6.45) is 2.75. The molecule has 0 aromatic heterocycles. The van der Waals surface area contributed by atoms with Crippen molar-refractivity contribution in [3.63, 3.8) is 0 Å². The molecule has 0 saturated carbocycles. The molecule has 1 atom stereocenters. The minimum absolute atomic E-state index is 0.00949. The normalized spacial score (nSPS) is 20.4. The molecule has 1 aromatic carbocycles. The third-order valence-corrected chi connectivity index (χ3v) is 6.27. The van der Waals surface area contributed by atoms with Gasteiger partial charge in [0.2, 0.25) is 10.0 Å². The quantitative estimate of drug-likeness (QED) is 0.834. The fourth-order valence-electron chi connectivity index (χ4n) is 2.34. The second-order valence-corrected chi connectivity index (χ2v) is 9.06. The fourth-order valence-corrected chi connectivity index (χ4v) is 4.60. The van der Waals surface area contributed by atoms with Crippen LogP contribution in [0.1, 0.15) is 18.4 Å². The van der Waals surface area contributed by atoms with Gasteiger partial charge >= 0.3 is 0 Å². The van der Waals surface area contributed by atoms with Gasteiger partial charge in [-0.1, -0.05) is 6.07 Å². The lowest BCUT2D eigenvalue weighted by atomic mass is 10.1. The molecule has 0 spiro atoms. The summed E-state index contributed by atoms with van der Waals surface area (Å²) in [5.74, 6) is 0. The van der Waals surface area contributed by atoms with Crippen LogP contribution in [-0.4, -0.2) is 42.2 Å². The van der Waals surface area contributed by atoms with Crippen molar-refractivity contribution in [3.05, 3.63) is 23.8 Å². The molecule has 1 heterocycles. The van der Waals surface area contributed by atoms with Gasteiger partial charge in [-0.3, -0.25) is 0 Å². The molecule has 0 radical (unpaired) electrons. The van der Waals surface area contributed by atoms with Crippen molar-refractivity contribution >= 4 is 19.9 Å². The topological polar surface area (TPSA) is 92.3 Å². The van der Waals surface area contributed by atoms with E-state index in [-0.39, 0.29) is 15.8 Å². The summed E-state index contributed by atoms with van der Waals surface area (Å²) in [5, 5.41) is 3.14. The molecule has 1 aliphatic rings. The Morgan fingerprint density at radius 3 is 2.52 bits per heavy atom. The second kappa shape index (κ2) is 6.04. The van der Waals surface area contributed by atoms with Crippen molar-refractivity contribution in [3.8, 4) is 0 Å². The monoisotopic (exact) mass is 332 g/mol. The van der Waals surface area contributed by atoms with Crippen LogP contribution in [0.4, 0.5) is 0 Å². The summed E-state index contributed by atoms with van der Waals surface area (Å²) in [5.41, 5.74) is 0.527. The first-order valence-corrected chi connectivity index (χ1v) is 10.1. The van der Waals surface area contributed by atoms with E-state index in [2.05, 4.69) is 10.0 Å². The smallest absolute Gasteiger partial charge is 0.241 e. The summed E-state index contributed by atoms with van der Waals surface area (Å²) in [4.78, 5) is 0.0336. The van der Waals surface area contributed by atoms with E-state index < -0.39 is 19.9 Å². The zero-order valence-corrected chi connectivity index (χ0v) is 13.7. The van der Waals surface area contributed by atoms with E-state index >= 15 is 0 Å². The number of hydrogen-bond donors (Lipinski definition) is 2.